The Morgan fingerprint density at radius 1 is 1.29 bits per heavy atom. The lowest BCUT2D eigenvalue weighted by Crippen LogP contribution is -2.15. The molecule has 5 heteroatoms. The van der Waals surface area contributed by atoms with Gasteiger partial charge in [0.25, 0.3) is 5.56 Å². The van der Waals surface area contributed by atoms with Crippen LogP contribution in [0, 0.1) is 0 Å². The first kappa shape index (κ1) is 11.5. The van der Waals surface area contributed by atoms with E-state index >= 15 is 0 Å². The summed E-state index contributed by atoms with van der Waals surface area (Å²) in [7, 11) is 0. The number of nitrogens with two attached hydrogens (primary N) is 1. The zero-order valence-electron chi connectivity index (χ0n) is 9.39. The number of nitrogens with one attached hydrogen (secondary N) is 1. The highest BCUT2D eigenvalue weighted by Gasteiger charge is 2.02. The zero-order valence-corrected chi connectivity index (χ0v) is 9.39. The highest BCUT2D eigenvalue weighted by molar-refractivity contribution is 5.12. The van der Waals surface area contributed by atoms with E-state index in [2.05, 4.69) is 15.0 Å². The van der Waals surface area contributed by atoms with Crippen molar-refractivity contribution in [3.63, 3.8) is 0 Å². The summed E-state index contributed by atoms with van der Waals surface area (Å²) in [4.78, 5) is 22.7. The van der Waals surface area contributed by atoms with Gasteiger partial charge in [0.2, 0.25) is 0 Å². The molecule has 0 saturated carbocycles. The fraction of sp³-hybridized carbons (Fsp3) is 0.250. The maximum atomic E-state index is 11.4. The largest absolute Gasteiger partial charge is 0.330 e. The highest BCUT2D eigenvalue weighted by atomic mass is 16.1. The van der Waals surface area contributed by atoms with E-state index in [1.54, 1.807) is 6.20 Å². The average molecular weight is 230 g/mol. The molecule has 0 radical (unpaired) electrons. The van der Waals surface area contributed by atoms with Crippen molar-refractivity contribution in [3.05, 3.63) is 58.0 Å². The van der Waals surface area contributed by atoms with Gasteiger partial charge in [0.15, 0.2) is 0 Å². The van der Waals surface area contributed by atoms with Crippen LogP contribution in [0.3, 0.4) is 0 Å². The van der Waals surface area contributed by atoms with Crippen molar-refractivity contribution < 1.29 is 0 Å². The van der Waals surface area contributed by atoms with E-state index in [0.717, 1.165) is 11.4 Å². The van der Waals surface area contributed by atoms with Gasteiger partial charge >= 0.3 is 0 Å². The van der Waals surface area contributed by atoms with E-state index in [-0.39, 0.29) is 5.56 Å². The van der Waals surface area contributed by atoms with Gasteiger partial charge in [0.1, 0.15) is 5.82 Å². The molecule has 2 aromatic heterocycles. The average Bonchev–Trinajstić information content (AvgIpc) is 2.30. The first-order valence-corrected chi connectivity index (χ1v) is 5.47. The quantitative estimate of drug-likeness (QED) is 0.788. The van der Waals surface area contributed by atoms with Crippen LogP contribution in [0.1, 0.15) is 17.2 Å². The predicted octanol–water partition coefficient (Wildman–Crippen LogP) is 0.257. The molecular weight excluding hydrogens is 216 g/mol. The zero-order chi connectivity index (χ0) is 12.1. The Morgan fingerprint density at radius 3 is 2.88 bits per heavy atom. The Morgan fingerprint density at radius 2 is 2.18 bits per heavy atom. The number of aromatic nitrogens is 3. The summed E-state index contributed by atoms with van der Waals surface area (Å²) in [5.41, 5.74) is 6.90. The molecule has 0 aliphatic heterocycles. The van der Waals surface area contributed by atoms with Crippen LogP contribution in [0.4, 0.5) is 0 Å². The number of H-pyrrole nitrogens is 1. The lowest BCUT2D eigenvalue weighted by molar-refractivity contribution is 0.845. The van der Waals surface area contributed by atoms with E-state index in [9.17, 15) is 4.79 Å². The molecule has 0 unspecified atom stereocenters. The monoisotopic (exact) mass is 230 g/mol. The van der Waals surface area contributed by atoms with Crippen LogP contribution in [-0.4, -0.2) is 21.5 Å². The van der Waals surface area contributed by atoms with Crippen LogP contribution < -0.4 is 11.3 Å². The molecule has 2 aromatic rings. The fourth-order valence-corrected chi connectivity index (χ4v) is 1.60. The van der Waals surface area contributed by atoms with Gasteiger partial charge in [-0.3, -0.25) is 9.78 Å². The summed E-state index contributed by atoms with van der Waals surface area (Å²) in [5.74, 6) is 0.625. The molecule has 0 saturated heterocycles. The minimum Gasteiger partial charge on any atom is -0.330 e. The molecule has 0 bridgehead atoms. The van der Waals surface area contributed by atoms with E-state index < -0.39 is 0 Å². The molecule has 0 spiro atoms. The van der Waals surface area contributed by atoms with Gasteiger partial charge in [-0.25, -0.2) is 4.98 Å². The lowest BCUT2D eigenvalue weighted by atomic mass is 10.2. The van der Waals surface area contributed by atoms with Gasteiger partial charge in [0.05, 0.1) is 0 Å². The molecule has 3 N–H and O–H groups in total. The summed E-state index contributed by atoms with van der Waals surface area (Å²) in [6.45, 7) is 0.486. The molecule has 88 valence electrons. The minimum absolute atomic E-state index is 0.144. The summed E-state index contributed by atoms with van der Waals surface area (Å²) in [6.07, 6.45) is 2.85. The molecule has 2 rings (SSSR count). The molecule has 17 heavy (non-hydrogen) atoms. The normalized spacial score (nSPS) is 10.4. The van der Waals surface area contributed by atoms with Gasteiger partial charge in [-0.05, 0) is 18.7 Å². The summed E-state index contributed by atoms with van der Waals surface area (Å²) >= 11 is 0. The van der Waals surface area contributed by atoms with Crippen molar-refractivity contribution >= 4 is 0 Å². The number of hydrogen-bond acceptors (Lipinski definition) is 4. The second kappa shape index (κ2) is 5.36. The van der Waals surface area contributed by atoms with E-state index in [1.807, 2.05) is 18.2 Å². The molecule has 0 fully saturated rings. The highest BCUT2D eigenvalue weighted by Crippen LogP contribution is 2.01. The number of nitrogens with zero attached hydrogens (tertiary/aromatic N) is 2. The van der Waals surface area contributed by atoms with Crippen molar-refractivity contribution in [1.29, 1.82) is 0 Å². The lowest BCUT2D eigenvalue weighted by Gasteiger charge is -2.03. The molecule has 0 aliphatic carbocycles. The molecule has 0 aromatic carbocycles. The van der Waals surface area contributed by atoms with Crippen molar-refractivity contribution in [3.8, 4) is 0 Å². The molecule has 0 aliphatic rings. The molecule has 0 atom stereocenters. The molecule has 5 nitrogen and oxygen atoms in total. The second-order valence-corrected chi connectivity index (χ2v) is 3.72. The Kier molecular flexibility index (Phi) is 3.62. The minimum atomic E-state index is -0.144. The standard InChI is InChI=1S/C12H14N4O/c13-5-4-10-8-12(17)16-11(15-10)7-9-3-1-2-6-14-9/h1-3,6,8H,4-5,7,13H2,(H,15,16,17). The van der Waals surface area contributed by atoms with E-state index in [4.69, 9.17) is 5.73 Å². The first-order chi connectivity index (χ1) is 8.28. The van der Waals surface area contributed by atoms with Crippen molar-refractivity contribution in [2.75, 3.05) is 6.54 Å². The predicted molar refractivity (Wildman–Crippen MR) is 64.7 cm³/mol. The molecule has 0 amide bonds. The van der Waals surface area contributed by atoms with Crippen LogP contribution >= 0.6 is 0 Å². The van der Waals surface area contributed by atoms with Crippen LogP contribution in [0.25, 0.3) is 0 Å². The van der Waals surface area contributed by atoms with Gasteiger partial charge in [0, 0.05) is 36.5 Å². The fourth-order valence-electron chi connectivity index (χ4n) is 1.60. The maximum absolute atomic E-state index is 11.4. The smallest absolute Gasteiger partial charge is 0.251 e. The Hall–Kier alpha value is -2.01. The van der Waals surface area contributed by atoms with E-state index in [1.165, 1.54) is 6.07 Å². The van der Waals surface area contributed by atoms with E-state index in [0.29, 0.717) is 25.2 Å². The summed E-state index contributed by atoms with van der Waals surface area (Å²) in [5, 5.41) is 0. The maximum Gasteiger partial charge on any atom is 0.251 e. The second-order valence-electron chi connectivity index (χ2n) is 3.72. The van der Waals surface area contributed by atoms with Crippen LogP contribution in [0.5, 0.6) is 0 Å². The van der Waals surface area contributed by atoms with Gasteiger partial charge in [-0.1, -0.05) is 6.07 Å². The van der Waals surface area contributed by atoms with Crippen molar-refractivity contribution in [2.45, 2.75) is 12.8 Å². The van der Waals surface area contributed by atoms with Gasteiger partial charge < -0.3 is 10.7 Å². The third kappa shape index (κ3) is 3.22. The van der Waals surface area contributed by atoms with Crippen molar-refractivity contribution in [2.24, 2.45) is 5.73 Å². The van der Waals surface area contributed by atoms with Crippen molar-refractivity contribution in [1.82, 2.24) is 15.0 Å². The Balaban J connectivity index is 2.24. The number of rotatable bonds is 4. The van der Waals surface area contributed by atoms with Gasteiger partial charge in [-0.2, -0.15) is 0 Å². The van der Waals surface area contributed by atoms with Crippen LogP contribution in [0.2, 0.25) is 0 Å². The summed E-state index contributed by atoms with van der Waals surface area (Å²) in [6, 6.07) is 7.14. The third-order valence-electron chi connectivity index (χ3n) is 2.32. The van der Waals surface area contributed by atoms with Crippen LogP contribution in [-0.2, 0) is 12.8 Å². The third-order valence-corrected chi connectivity index (χ3v) is 2.32. The summed E-state index contributed by atoms with van der Waals surface area (Å²) < 4.78 is 0. The molecular formula is C12H14N4O. The number of pyridine rings is 1. The molecule has 2 heterocycles. The van der Waals surface area contributed by atoms with Crippen LogP contribution in [0.15, 0.2) is 35.3 Å². The Labute approximate surface area is 98.7 Å². The van der Waals surface area contributed by atoms with Gasteiger partial charge in [-0.15, -0.1) is 0 Å². The number of aromatic amines is 1. The topological polar surface area (TPSA) is 84.7 Å². The Bertz CT molecular complexity index is 536. The first-order valence-electron chi connectivity index (χ1n) is 5.47. The number of hydrogen-bond donors (Lipinski definition) is 2. The SMILES string of the molecule is NCCc1cc(=O)[nH]c(Cc2ccccn2)n1.